The molecule has 6 nitrogen and oxygen atoms in total. The molecular formula is C13H14ClF2N3O3. The Morgan fingerprint density at radius 2 is 1.91 bits per heavy atom. The van der Waals surface area contributed by atoms with E-state index in [1.807, 2.05) is 0 Å². The summed E-state index contributed by atoms with van der Waals surface area (Å²) in [5, 5.41) is 9.30. The summed E-state index contributed by atoms with van der Waals surface area (Å²) in [5.74, 6) is -3.39. The number of carbonyl (C=O) groups excluding carboxylic acids is 1. The highest BCUT2D eigenvalue weighted by atomic mass is 35.5. The SMILES string of the molecule is Cn1c2c(c(Cl)c1C(=O)N1CC(F)(F)C1)CCN(C(=O)O)C2. The van der Waals surface area contributed by atoms with Crippen LogP contribution in [0.5, 0.6) is 0 Å². The number of carbonyl (C=O) groups is 2. The van der Waals surface area contributed by atoms with Gasteiger partial charge in [0, 0.05) is 19.3 Å². The third-order valence-corrected chi connectivity index (χ3v) is 4.55. The highest BCUT2D eigenvalue weighted by Crippen LogP contribution is 2.35. The molecule has 1 fully saturated rings. The van der Waals surface area contributed by atoms with Crippen LogP contribution in [0.25, 0.3) is 0 Å². The molecule has 22 heavy (non-hydrogen) atoms. The van der Waals surface area contributed by atoms with Crippen LogP contribution in [0.3, 0.4) is 0 Å². The highest BCUT2D eigenvalue weighted by Gasteiger charge is 2.47. The Morgan fingerprint density at radius 1 is 1.27 bits per heavy atom. The van der Waals surface area contributed by atoms with Gasteiger partial charge in [-0.2, -0.15) is 0 Å². The van der Waals surface area contributed by atoms with Gasteiger partial charge in [-0.25, -0.2) is 13.6 Å². The molecule has 2 amide bonds. The molecule has 1 N–H and O–H groups in total. The van der Waals surface area contributed by atoms with Crippen LogP contribution in [-0.4, -0.2) is 57.0 Å². The van der Waals surface area contributed by atoms with Crippen molar-refractivity contribution >= 4 is 23.6 Å². The molecule has 0 saturated carbocycles. The van der Waals surface area contributed by atoms with E-state index in [9.17, 15) is 18.4 Å². The number of rotatable bonds is 1. The first kappa shape index (κ1) is 15.1. The lowest BCUT2D eigenvalue weighted by Crippen LogP contribution is -2.58. The molecule has 1 aromatic rings. The van der Waals surface area contributed by atoms with Gasteiger partial charge in [0.2, 0.25) is 0 Å². The van der Waals surface area contributed by atoms with Gasteiger partial charge in [0.15, 0.2) is 0 Å². The Morgan fingerprint density at radius 3 is 2.45 bits per heavy atom. The molecule has 3 heterocycles. The normalized spacial score (nSPS) is 19.6. The molecule has 0 spiro atoms. The van der Waals surface area contributed by atoms with Gasteiger partial charge in [0.25, 0.3) is 11.8 Å². The van der Waals surface area contributed by atoms with Gasteiger partial charge in [-0.05, 0) is 12.0 Å². The molecule has 3 rings (SSSR count). The van der Waals surface area contributed by atoms with Gasteiger partial charge in [-0.15, -0.1) is 0 Å². The smallest absolute Gasteiger partial charge is 0.407 e. The monoisotopic (exact) mass is 333 g/mol. The number of carboxylic acid groups (broad SMARTS) is 1. The molecule has 1 aromatic heterocycles. The maximum Gasteiger partial charge on any atom is 0.407 e. The van der Waals surface area contributed by atoms with E-state index < -0.39 is 31.0 Å². The highest BCUT2D eigenvalue weighted by molar-refractivity contribution is 6.34. The van der Waals surface area contributed by atoms with Crippen molar-refractivity contribution in [1.82, 2.24) is 14.4 Å². The maximum absolute atomic E-state index is 12.9. The van der Waals surface area contributed by atoms with E-state index >= 15 is 0 Å². The van der Waals surface area contributed by atoms with Crippen molar-refractivity contribution in [2.45, 2.75) is 18.9 Å². The topological polar surface area (TPSA) is 65.8 Å². The number of fused-ring (bicyclic) bond motifs is 1. The maximum atomic E-state index is 12.9. The van der Waals surface area contributed by atoms with E-state index in [1.165, 1.54) is 9.47 Å². The van der Waals surface area contributed by atoms with E-state index in [1.54, 1.807) is 7.05 Å². The molecule has 2 aliphatic heterocycles. The Hall–Kier alpha value is -1.83. The van der Waals surface area contributed by atoms with E-state index in [2.05, 4.69) is 0 Å². The first-order valence-corrected chi connectivity index (χ1v) is 7.10. The molecule has 1 saturated heterocycles. The van der Waals surface area contributed by atoms with E-state index in [0.29, 0.717) is 18.7 Å². The van der Waals surface area contributed by atoms with Crippen LogP contribution < -0.4 is 0 Å². The lowest BCUT2D eigenvalue weighted by atomic mass is 10.1. The minimum absolute atomic E-state index is 0.129. The molecule has 0 aromatic carbocycles. The number of nitrogens with zero attached hydrogens (tertiary/aromatic N) is 3. The average molecular weight is 334 g/mol. The van der Waals surface area contributed by atoms with Crippen molar-refractivity contribution in [2.24, 2.45) is 7.05 Å². The predicted molar refractivity (Wildman–Crippen MR) is 73.4 cm³/mol. The van der Waals surface area contributed by atoms with Gasteiger partial charge in [0.1, 0.15) is 5.69 Å². The third kappa shape index (κ3) is 2.22. The van der Waals surface area contributed by atoms with Gasteiger partial charge in [-0.3, -0.25) is 4.79 Å². The van der Waals surface area contributed by atoms with Crippen LogP contribution in [0.4, 0.5) is 13.6 Å². The summed E-state index contributed by atoms with van der Waals surface area (Å²) in [6.45, 7) is -0.801. The van der Waals surface area contributed by atoms with Gasteiger partial charge in [-0.1, -0.05) is 11.6 Å². The number of aromatic nitrogens is 1. The fraction of sp³-hybridized carbons (Fsp3) is 0.538. The summed E-state index contributed by atoms with van der Waals surface area (Å²) >= 11 is 6.24. The number of amides is 2. The molecule has 0 bridgehead atoms. The number of likely N-dealkylation sites (tertiary alicyclic amines) is 1. The fourth-order valence-corrected chi connectivity index (χ4v) is 3.33. The second-order valence-electron chi connectivity index (χ2n) is 5.62. The van der Waals surface area contributed by atoms with Gasteiger partial charge >= 0.3 is 6.09 Å². The van der Waals surface area contributed by atoms with Gasteiger partial charge < -0.3 is 19.5 Å². The van der Waals surface area contributed by atoms with Crippen molar-refractivity contribution in [1.29, 1.82) is 0 Å². The zero-order chi connectivity index (χ0) is 16.2. The molecule has 0 unspecified atom stereocenters. The summed E-state index contributed by atoms with van der Waals surface area (Å²) in [7, 11) is 1.60. The average Bonchev–Trinajstić information content (AvgIpc) is 2.67. The first-order chi connectivity index (χ1) is 10.2. The molecular weight excluding hydrogens is 320 g/mol. The molecule has 0 aliphatic carbocycles. The summed E-state index contributed by atoms with van der Waals surface area (Å²) in [5.41, 5.74) is 1.50. The van der Waals surface area contributed by atoms with Gasteiger partial charge in [0.05, 0.1) is 24.7 Å². The Bertz CT molecular complexity index is 666. The minimum Gasteiger partial charge on any atom is -0.465 e. The second kappa shape index (κ2) is 4.84. The minimum atomic E-state index is -2.84. The predicted octanol–water partition coefficient (Wildman–Crippen LogP) is 1.81. The van der Waals surface area contributed by atoms with Crippen molar-refractivity contribution in [3.05, 3.63) is 22.0 Å². The van der Waals surface area contributed by atoms with Crippen molar-refractivity contribution in [2.75, 3.05) is 19.6 Å². The number of hydrogen-bond donors (Lipinski definition) is 1. The summed E-state index contributed by atoms with van der Waals surface area (Å²) < 4.78 is 27.4. The summed E-state index contributed by atoms with van der Waals surface area (Å²) in [4.78, 5) is 25.7. The Kier molecular flexibility index (Phi) is 3.32. The standard InChI is InChI=1S/C13H14ClF2N3O3/c1-17-8-4-18(12(21)22)3-2-7(8)9(14)10(17)11(20)19-5-13(15,16)6-19/h2-6H2,1H3,(H,21,22). The number of hydrogen-bond acceptors (Lipinski definition) is 2. The van der Waals surface area contributed by atoms with E-state index in [-0.39, 0.29) is 17.3 Å². The molecule has 9 heteroatoms. The fourth-order valence-electron chi connectivity index (χ4n) is 2.92. The zero-order valence-electron chi connectivity index (χ0n) is 11.8. The van der Waals surface area contributed by atoms with Crippen molar-refractivity contribution < 1.29 is 23.5 Å². The Balaban J connectivity index is 1.91. The van der Waals surface area contributed by atoms with Crippen LogP contribution in [0, 0.1) is 0 Å². The van der Waals surface area contributed by atoms with Crippen LogP contribution in [-0.2, 0) is 20.0 Å². The largest absolute Gasteiger partial charge is 0.465 e. The molecule has 0 atom stereocenters. The van der Waals surface area contributed by atoms with E-state index in [0.717, 1.165) is 10.5 Å². The molecule has 120 valence electrons. The third-order valence-electron chi connectivity index (χ3n) is 4.14. The Labute approximate surface area is 129 Å². The molecule has 0 radical (unpaired) electrons. The van der Waals surface area contributed by atoms with E-state index in [4.69, 9.17) is 16.7 Å². The van der Waals surface area contributed by atoms with Crippen LogP contribution >= 0.6 is 11.6 Å². The van der Waals surface area contributed by atoms with Crippen LogP contribution in [0.1, 0.15) is 21.7 Å². The van der Waals surface area contributed by atoms with Crippen LogP contribution in [0.15, 0.2) is 0 Å². The summed E-state index contributed by atoms with van der Waals surface area (Å²) in [6, 6.07) is 0. The first-order valence-electron chi connectivity index (χ1n) is 6.72. The lowest BCUT2D eigenvalue weighted by molar-refractivity contribution is -0.113. The van der Waals surface area contributed by atoms with Crippen LogP contribution in [0.2, 0.25) is 5.02 Å². The number of halogens is 3. The quantitative estimate of drug-likeness (QED) is 0.852. The zero-order valence-corrected chi connectivity index (χ0v) is 12.5. The number of alkyl halides is 2. The summed E-state index contributed by atoms with van der Waals surface area (Å²) in [6.07, 6.45) is -0.643. The molecule has 2 aliphatic rings. The van der Waals surface area contributed by atoms with Crippen molar-refractivity contribution in [3.63, 3.8) is 0 Å². The van der Waals surface area contributed by atoms with Crippen molar-refractivity contribution in [3.8, 4) is 0 Å². The second-order valence-corrected chi connectivity index (χ2v) is 6.00. The lowest BCUT2D eigenvalue weighted by Gasteiger charge is -2.38.